The van der Waals surface area contributed by atoms with Gasteiger partial charge in [0.25, 0.3) is 0 Å². The number of hydrogen-bond acceptors (Lipinski definition) is 4. The Balaban J connectivity index is 1.27. The summed E-state index contributed by atoms with van der Waals surface area (Å²) in [5.74, 6) is 0.921. The van der Waals surface area contributed by atoms with Gasteiger partial charge in [-0.2, -0.15) is 0 Å². The highest BCUT2D eigenvalue weighted by molar-refractivity contribution is 6.04. The fourth-order valence-electron chi connectivity index (χ4n) is 5.01. The molecule has 0 fully saturated rings. The van der Waals surface area contributed by atoms with Crippen LogP contribution in [-0.2, 0) is 0 Å². The van der Waals surface area contributed by atoms with Crippen LogP contribution in [0.15, 0.2) is 139 Å². The molecule has 0 unspecified atom stereocenters. The minimum absolute atomic E-state index is 0.00213. The van der Waals surface area contributed by atoms with Gasteiger partial charge in [0.05, 0.1) is 13.7 Å². The van der Waals surface area contributed by atoms with Crippen molar-refractivity contribution in [1.29, 1.82) is 0 Å². The summed E-state index contributed by atoms with van der Waals surface area (Å²) in [4.78, 5) is 13.3. The van der Waals surface area contributed by atoms with Crippen molar-refractivity contribution in [3.05, 3.63) is 139 Å². The van der Waals surface area contributed by atoms with Gasteiger partial charge in [0, 0.05) is 27.6 Å². The van der Waals surface area contributed by atoms with E-state index in [9.17, 15) is 0 Å². The number of rotatable bonds is 4. The van der Waals surface area contributed by atoms with Crippen LogP contribution < -0.4 is 4.74 Å². The number of aromatic nitrogens is 3. The quantitative estimate of drug-likeness (QED) is 0.225. The van der Waals surface area contributed by atoms with Crippen molar-refractivity contribution in [2.45, 2.75) is 0 Å². The van der Waals surface area contributed by atoms with Crippen molar-refractivity contribution in [2.24, 2.45) is 0 Å². The molecular weight excluding hydrogens is 502 g/mol. The molecule has 0 saturated carbocycles. The van der Waals surface area contributed by atoms with Gasteiger partial charge in [0.15, 0.2) is 17.5 Å². The highest BCUT2D eigenvalue weighted by Crippen LogP contribution is 2.47. The van der Waals surface area contributed by atoms with E-state index in [0.717, 1.165) is 44.5 Å². The number of hydrogen-bond donors (Lipinski definition) is 0. The van der Waals surface area contributed by atoms with Crippen LogP contribution in [-0.4, -0.2) is 15.0 Å². The minimum Gasteiger partial charge on any atom is -0.456 e. The maximum atomic E-state index is 8.53. The molecule has 0 radical (unpaired) electrons. The Hall–Kier alpha value is -5.61. The van der Waals surface area contributed by atoms with E-state index >= 15 is 0 Å². The van der Waals surface area contributed by atoms with Crippen molar-refractivity contribution in [1.82, 2.24) is 15.0 Å². The van der Waals surface area contributed by atoms with Crippen LogP contribution in [0.5, 0.6) is 11.5 Å². The van der Waals surface area contributed by atoms with E-state index in [2.05, 4.69) is 27.1 Å². The highest BCUT2D eigenvalue weighted by atomic mass is 16.5. The third-order valence-electron chi connectivity index (χ3n) is 6.92. The van der Waals surface area contributed by atoms with Crippen molar-refractivity contribution < 1.29 is 18.4 Å². The van der Waals surface area contributed by atoms with E-state index < -0.39 is 60.4 Å². The van der Waals surface area contributed by atoms with Crippen LogP contribution in [0.4, 0.5) is 0 Å². The smallest absolute Gasteiger partial charge is 0.164 e. The summed E-state index contributed by atoms with van der Waals surface area (Å²) < 4.78 is 89.1. The maximum Gasteiger partial charge on any atom is 0.164 e. The lowest BCUT2D eigenvalue weighted by Gasteiger charge is -2.22. The first kappa shape index (κ1) is 15.2. The zero-order valence-corrected chi connectivity index (χ0v) is 21.3. The van der Waals surface area contributed by atoms with Gasteiger partial charge in [0.2, 0.25) is 0 Å². The molecule has 4 nitrogen and oxygen atoms in total. The fraction of sp³-hybridized carbons (Fsp3) is 0. The van der Waals surface area contributed by atoms with E-state index in [1.54, 1.807) is 12.1 Å². The van der Waals surface area contributed by atoms with Gasteiger partial charge in [-0.15, -0.1) is 0 Å². The van der Waals surface area contributed by atoms with Gasteiger partial charge in [-0.3, -0.25) is 0 Å². The summed E-state index contributed by atoms with van der Waals surface area (Å²) >= 11 is 0. The van der Waals surface area contributed by atoms with Crippen molar-refractivity contribution in [2.75, 3.05) is 0 Å². The molecule has 0 saturated heterocycles. The van der Waals surface area contributed by atoms with E-state index in [1.807, 2.05) is 54.6 Å². The third-order valence-corrected chi connectivity index (χ3v) is 6.92. The van der Waals surface area contributed by atoms with Crippen LogP contribution >= 0.6 is 0 Å². The zero-order valence-electron chi connectivity index (χ0n) is 31.3. The van der Waals surface area contributed by atoms with Crippen LogP contribution in [0.3, 0.4) is 0 Å². The van der Waals surface area contributed by atoms with Crippen LogP contribution in [0, 0.1) is 0 Å². The first-order valence-electron chi connectivity index (χ1n) is 17.8. The second kappa shape index (κ2) is 9.54. The SMILES string of the molecule is [2H]c1c([2H])c([2H])c(-c2nc(-c3ccc(-c4ccc5c(c4)-c4cccc6cccc(c46)O5)cc3)nc(-c3c([2H])c([2H])c([2H])c([2H])c3[2H])n2)c([2H])c1[2H]. The molecule has 0 N–H and O–H groups in total. The third kappa shape index (κ3) is 4.14. The molecule has 6 aromatic carbocycles. The fourth-order valence-corrected chi connectivity index (χ4v) is 5.01. The van der Waals surface area contributed by atoms with Crippen molar-refractivity contribution in [3.63, 3.8) is 0 Å². The van der Waals surface area contributed by atoms with Crippen LogP contribution in [0.25, 0.3) is 67.2 Å². The Labute approximate surface area is 251 Å². The van der Waals surface area contributed by atoms with Gasteiger partial charge in [-0.25, -0.2) is 15.0 Å². The molecule has 0 bridgehead atoms. The topological polar surface area (TPSA) is 47.9 Å². The lowest BCUT2D eigenvalue weighted by atomic mass is 9.92. The normalized spacial score (nSPS) is 15.0. The number of ether oxygens (including phenoxy) is 1. The Morgan fingerprint density at radius 3 is 1.68 bits per heavy atom. The van der Waals surface area contributed by atoms with E-state index in [4.69, 9.17) is 18.4 Å². The van der Waals surface area contributed by atoms with Crippen LogP contribution in [0.2, 0.25) is 0 Å². The number of nitrogens with zero attached hydrogens (tertiary/aromatic N) is 3. The molecular formula is C37H23N3O. The summed E-state index contributed by atoms with van der Waals surface area (Å²) in [6.07, 6.45) is 0. The average Bonchev–Trinajstić information content (AvgIpc) is 3.15. The zero-order chi connectivity index (χ0) is 35.9. The Bertz CT molecular complexity index is 2480. The second-order valence-corrected chi connectivity index (χ2v) is 9.36. The molecule has 0 spiro atoms. The molecule has 0 aliphatic carbocycles. The molecule has 2 heterocycles. The predicted molar refractivity (Wildman–Crippen MR) is 165 cm³/mol. The van der Waals surface area contributed by atoms with E-state index in [0.29, 0.717) is 5.56 Å². The molecule has 1 aliphatic heterocycles. The molecule has 4 heteroatoms. The maximum absolute atomic E-state index is 8.53. The standard InChI is InChI=1S/C37H23N3O/c1-3-9-26(10-4-1)35-38-36(27-11-5-2-6-12-27)40-37(39-35)28-19-17-24(18-20-28)29-21-22-32-31(23-29)30-15-7-13-25-14-8-16-33(41-32)34(25)30/h1-23H/i1D,2D,3D,4D,5D,6D,9D,10D,11D,12D. The van der Waals surface area contributed by atoms with Gasteiger partial charge < -0.3 is 4.74 Å². The van der Waals surface area contributed by atoms with E-state index in [1.165, 1.54) is 0 Å². The predicted octanol–water partition coefficient (Wildman–Crippen LogP) is 9.47. The molecule has 7 aromatic rings. The summed E-state index contributed by atoms with van der Waals surface area (Å²) in [5.41, 5.74) is 3.60. The molecule has 41 heavy (non-hydrogen) atoms. The van der Waals surface area contributed by atoms with E-state index in [-0.39, 0.29) is 28.6 Å². The highest BCUT2D eigenvalue weighted by Gasteiger charge is 2.20. The number of fused-ring (bicyclic) bond motifs is 2. The summed E-state index contributed by atoms with van der Waals surface area (Å²) in [6.45, 7) is 0. The first-order chi connectivity index (χ1) is 24.4. The van der Waals surface area contributed by atoms with Crippen molar-refractivity contribution >= 4 is 10.8 Å². The Morgan fingerprint density at radius 2 is 1.02 bits per heavy atom. The molecule has 0 atom stereocenters. The monoisotopic (exact) mass is 535 g/mol. The molecule has 1 aliphatic rings. The average molecular weight is 536 g/mol. The van der Waals surface area contributed by atoms with Crippen LogP contribution in [0.1, 0.15) is 13.7 Å². The van der Waals surface area contributed by atoms with Gasteiger partial charge in [-0.05, 0) is 40.3 Å². The minimum atomic E-state index is -0.600. The second-order valence-electron chi connectivity index (χ2n) is 9.36. The van der Waals surface area contributed by atoms with Crippen molar-refractivity contribution in [3.8, 4) is 67.9 Å². The van der Waals surface area contributed by atoms with Gasteiger partial charge in [0.1, 0.15) is 11.5 Å². The Morgan fingerprint density at radius 1 is 0.463 bits per heavy atom. The molecule has 192 valence electrons. The first-order valence-corrected chi connectivity index (χ1v) is 12.8. The largest absolute Gasteiger partial charge is 0.456 e. The molecule has 0 amide bonds. The lowest BCUT2D eigenvalue weighted by Crippen LogP contribution is -2.00. The molecule has 1 aromatic heterocycles. The number of benzene rings is 6. The summed E-state index contributed by atoms with van der Waals surface area (Å²) in [5, 5.41) is 2.12. The molecule has 8 rings (SSSR count). The van der Waals surface area contributed by atoms with Gasteiger partial charge >= 0.3 is 0 Å². The Kier molecular flexibility index (Phi) is 3.55. The lowest BCUT2D eigenvalue weighted by molar-refractivity contribution is 0.487. The van der Waals surface area contributed by atoms with Gasteiger partial charge in [-0.1, -0.05) is 121 Å². The summed E-state index contributed by atoms with van der Waals surface area (Å²) in [7, 11) is 0. The summed E-state index contributed by atoms with van der Waals surface area (Å²) in [6, 6.07) is 19.4.